The first-order chi connectivity index (χ1) is 23.8. The molecule has 0 spiro atoms. The smallest absolute Gasteiger partial charge is 1.00 e. The molecule has 0 fully saturated rings. The van der Waals surface area contributed by atoms with Gasteiger partial charge in [-0.25, -0.2) is 9.97 Å². The number of nitrogens with zero attached hydrogens (tertiary/aromatic N) is 3. The van der Waals surface area contributed by atoms with Crippen LogP contribution in [0.3, 0.4) is 0 Å². The van der Waals surface area contributed by atoms with E-state index in [1.807, 2.05) is 0 Å². The maximum absolute atomic E-state index is 5.29. The molecule has 4 nitrogen and oxygen atoms in total. The van der Waals surface area contributed by atoms with Crippen LogP contribution >= 0.6 is 0 Å². The van der Waals surface area contributed by atoms with E-state index in [1.54, 1.807) is 0 Å². The molecule has 2 aliphatic rings. The Kier molecular flexibility index (Phi) is 10.6. The Morgan fingerprint density at radius 2 is 0.882 bits per heavy atom. The fourth-order valence-corrected chi connectivity index (χ4v) is 6.81. The van der Waals surface area contributed by atoms with Gasteiger partial charge in [0.15, 0.2) is 0 Å². The van der Waals surface area contributed by atoms with E-state index in [0.29, 0.717) is 0 Å². The monoisotopic (exact) mass is 743 g/mol. The molecule has 7 heteroatoms. The molecule has 7 aromatic rings. The number of H-pyrrole nitrogens is 1. The van der Waals surface area contributed by atoms with Crippen molar-refractivity contribution in [3.63, 3.8) is 0 Å². The summed E-state index contributed by atoms with van der Waals surface area (Å²) in [6.07, 6.45) is 8.44. The second kappa shape index (κ2) is 15.2. The van der Waals surface area contributed by atoms with Crippen molar-refractivity contribution in [1.29, 1.82) is 0 Å². The normalized spacial score (nSPS) is 11.3. The van der Waals surface area contributed by atoms with Crippen molar-refractivity contribution in [3.05, 3.63) is 174 Å². The molecule has 3 aromatic heterocycles. The Bertz CT molecular complexity index is 2540. The molecule has 1 N–H and O–H groups in total. The minimum Gasteiger partial charge on any atom is -1.00 e. The third-order valence-electron chi connectivity index (χ3n) is 8.87. The third kappa shape index (κ3) is 6.73. The van der Waals surface area contributed by atoms with Gasteiger partial charge < -0.3 is 34.4 Å². The van der Waals surface area contributed by atoms with E-state index in [-0.39, 0.29) is 41.6 Å². The number of aromatic nitrogens is 4. The Balaban J connectivity index is 0.00000149. The average molecular weight is 745 g/mol. The van der Waals surface area contributed by atoms with Gasteiger partial charge in [0.25, 0.3) is 0 Å². The van der Waals surface area contributed by atoms with Crippen LogP contribution in [0.4, 0.5) is 0 Å². The minimum absolute atomic E-state index is 0. The third-order valence-corrected chi connectivity index (χ3v) is 8.87. The number of nitrogens with one attached hydrogen (secondary N) is 1. The van der Waals surface area contributed by atoms with Gasteiger partial charge >= 0.3 is 16.8 Å². The van der Waals surface area contributed by atoms with E-state index in [1.165, 1.54) is 0 Å². The molecule has 51 heavy (non-hydrogen) atoms. The molecule has 0 saturated carbocycles. The van der Waals surface area contributed by atoms with E-state index < -0.39 is 0 Å². The van der Waals surface area contributed by atoms with Gasteiger partial charge in [-0.2, -0.15) is 0 Å². The molecule has 0 amide bonds. The summed E-state index contributed by atoms with van der Waals surface area (Å²) in [4.78, 5) is 13.9. The van der Waals surface area contributed by atoms with Gasteiger partial charge in [-0.15, -0.1) is 0 Å². The maximum atomic E-state index is 5.29. The van der Waals surface area contributed by atoms with Crippen LogP contribution in [0.2, 0.25) is 0 Å². The molecule has 5 heterocycles. The van der Waals surface area contributed by atoms with Crippen molar-refractivity contribution < 1.29 is 41.6 Å². The zero-order valence-corrected chi connectivity index (χ0v) is 29.7. The average Bonchev–Trinajstić information content (AvgIpc) is 3.95. The summed E-state index contributed by atoms with van der Waals surface area (Å²) in [6.45, 7) is 0. The minimum atomic E-state index is 0. The molecule has 9 rings (SSSR count). The van der Waals surface area contributed by atoms with Crippen LogP contribution in [0.5, 0.6) is 0 Å². The number of halogens is 2. The van der Waals surface area contributed by atoms with Gasteiger partial charge in [0.2, 0.25) is 0 Å². The molecule has 0 atom stereocenters. The first-order valence-corrected chi connectivity index (χ1v) is 16.2. The first-order valence-electron chi connectivity index (χ1n) is 16.2. The number of hydrogen-bond acceptors (Lipinski definition) is 2. The number of hydrogen-bond donors (Lipinski definition) is 1. The largest absolute Gasteiger partial charge is 2.00 e. The molecule has 249 valence electrons. The fraction of sp³-hybridized carbons (Fsp3) is 0. The van der Waals surface area contributed by atoms with Crippen LogP contribution in [-0.2, 0) is 16.8 Å². The van der Waals surface area contributed by atoms with Gasteiger partial charge in [-0.3, -0.25) is 0 Å². The van der Waals surface area contributed by atoms with Crippen LogP contribution < -0.4 is 24.8 Å². The standard InChI is InChI=1S/C44H30N4.2ClH.Co/c1-5-13-30(14-6-1)41-39-26-25-36(47-39)28-35-22-21-33(45-35)27-34-23-24-37(46-34)29-40-42(31-15-7-2-8-16-31)43(32-17-9-3-10-18-32)44(41)48(40)38-19-11-4-12-20-38;;;/h1-29,45H;2*1H;/q;;;+2/p-2. The van der Waals surface area contributed by atoms with Crippen molar-refractivity contribution in [2.75, 3.05) is 0 Å². The number of rotatable bonds is 4. The van der Waals surface area contributed by atoms with Gasteiger partial charge in [0, 0.05) is 33.4 Å². The van der Waals surface area contributed by atoms with Gasteiger partial charge in [-0.05, 0) is 83.5 Å². The van der Waals surface area contributed by atoms with E-state index in [2.05, 4.69) is 186 Å². The van der Waals surface area contributed by atoms with Crippen LogP contribution in [-0.4, -0.2) is 19.5 Å². The van der Waals surface area contributed by atoms with E-state index in [4.69, 9.17) is 9.97 Å². The molecular formula is C44H30Cl2CoN4. The summed E-state index contributed by atoms with van der Waals surface area (Å²) in [7, 11) is 0. The molecule has 1 radical (unpaired) electrons. The first kappa shape index (κ1) is 35.4. The molecule has 0 aliphatic carbocycles. The van der Waals surface area contributed by atoms with Crippen LogP contribution in [0.15, 0.2) is 152 Å². The Morgan fingerprint density at radius 3 is 1.45 bits per heavy atom. The fourth-order valence-electron chi connectivity index (χ4n) is 6.81. The Hall–Kier alpha value is -5.43. The molecule has 0 saturated heterocycles. The summed E-state index contributed by atoms with van der Waals surface area (Å²) in [5.41, 5.74) is 15.4. The number of para-hydroxylation sites is 1. The van der Waals surface area contributed by atoms with E-state index in [0.717, 1.165) is 83.9 Å². The van der Waals surface area contributed by atoms with Crippen molar-refractivity contribution in [1.82, 2.24) is 19.5 Å². The summed E-state index contributed by atoms with van der Waals surface area (Å²) in [5.74, 6) is 0. The van der Waals surface area contributed by atoms with Crippen molar-refractivity contribution >= 4 is 46.4 Å². The predicted molar refractivity (Wildman–Crippen MR) is 200 cm³/mol. The second-order valence-electron chi connectivity index (χ2n) is 12.0. The summed E-state index contributed by atoms with van der Waals surface area (Å²) in [6, 6.07) is 53.3. The van der Waals surface area contributed by atoms with E-state index in [9.17, 15) is 0 Å². The number of fused-ring (bicyclic) bond motifs is 8. The zero-order valence-electron chi connectivity index (χ0n) is 27.2. The van der Waals surface area contributed by atoms with Crippen LogP contribution in [0.1, 0.15) is 22.8 Å². The van der Waals surface area contributed by atoms with Gasteiger partial charge in [0.05, 0.1) is 33.8 Å². The predicted octanol–water partition coefficient (Wildman–Crippen LogP) is 5.12. The van der Waals surface area contributed by atoms with Crippen LogP contribution in [0.25, 0.3) is 85.4 Å². The molecule has 0 unspecified atom stereocenters. The van der Waals surface area contributed by atoms with Crippen molar-refractivity contribution in [2.24, 2.45) is 0 Å². The molecule has 8 bridgehead atoms. The maximum Gasteiger partial charge on any atom is 2.00 e. The molecular weight excluding hydrogens is 714 g/mol. The van der Waals surface area contributed by atoms with Crippen molar-refractivity contribution in [2.45, 2.75) is 0 Å². The summed E-state index contributed by atoms with van der Waals surface area (Å²) in [5, 5.41) is 0. The zero-order chi connectivity index (χ0) is 31.9. The van der Waals surface area contributed by atoms with E-state index >= 15 is 0 Å². The van der Waals surface area contributed by atoms with Crippen molar-refractivity contribution in [3.8, 4) is 39.1 Å². The Morgan fingerprint density at radius 1 is 0.431 bits per heavy atom. The SMILES string of the molecule is C1=Cc2cc3c(-c4ccccc4)c(-c4ccccc4)c(c(-c4ccccc4)c4nc(cc5ccc(cc1n2)[nH]5)C=C4)n3-c1ccccc1.[Cl-].[Cl-].[Co+2]. The number of benzene rings is 4. The quantitative estimate of drug-likeness (QED) is 0.272. The summed E-state index contributed by atoms with van der Waals surface area (Å²) >= 11 is 0. The second-order valence-corrected chi connectivity index (χ2v) is 12.0. The molecule has 2 aliphatic heterocycles. The topological polar surface area (TPSA) is 46.5 Å². The van der Waals surface area contributed by atoms with Gasteiger partial charge in [0.1, 0.15) is 0 Å². The van der Waals surface area contributed by atoms with Gasteiger partial charge in [-0.1, -0.05) is 109 Å². The summed E-state index contributed by atoms with van der Waals surface area (Å²) < 4.78 is 2.41. The molecule has 4 aromatic carbocycles. The van der Waals surface area contributed by atoms with Crippen LogP contribution in [0, 0.1) is 0 Å². The Labute approximate surface area is 319 Å². The number of aromatic amines is 1.